The first-order valence-corrected chi connectivity index (χ1v) is 8.54. The molecule has 0 radical (unpaired) electrons. The Balaban J connectivity index is 1.44. The van der Waals surface area contributed by atoms with Crippen molar-refractivity contribution in [3.63, 3.8) is 0 Å². The zero-order valence-corrected chi connectivity index (χ0v) is 13.2. The summed E-state index contributed by atoms with van der Waals surface area (Å²) in [6.45, 7) is 2.34. The number of nitrogens with zero attached hydrogens (tertiary/aromatic N) is 2. The summed E-state index contributed by atoms with van der Waals surface area (Å²) in [4.78, 5) is 19.1. The quantitative estimate of drug-likeness (QED) is 0.873. The van der Waals surface area contributed by atoms with E-state index in [9.17, 15) is 4.79 Å². The SMILES string of the molecule is O=C(C[C@H]1CCCO1)N1CCC[C@@H](c2nc3ccccc3o2)C1. The molecule has 1 aromatic carbocycles. The van der Waals surface area contributed by atoms with Crippen LogP contribution in [0.1, 0.15) is 43.9 Å². The summed E-state index contributed by atoms with van der Waals surface area (Å²) < 4.78 is 11.5. The number of rotatable bonds is 3. The average Bonchev–Trinajstić information content (AvgIpc) is 3.24. The number of amides is 1. The van der Waals surface area contributed by atoms with Gasteiger partial charge in [0.2, 0.25) is 5.91 Å². The Hall–Kier alpha value is -1.88. The summed E-state index contributed by atoms with van der Waals surface area (Å²) in [7, 11) is 0. The Morgan fingerprint density at radius 3 is 3.00 bits per heavy atom. The first kappa shape index (κ1) is 14.7. The molecule has 1 aromatic heterocycles. The van der Waals surface area contributed by atoms with E-state index < -0.39 is 0 Å². The van der Waals surface area contributed by atoms with Gasteiger partial charge in [-0.3, -0.25) is 4.79 Å². The number of oxazole rings is 1. The van der Waals surface area contributed by atoms with Gasteiger partial charge in [0.25, 0.3) is 0 Å². The second kappa shape index (κ2) is 6.32. The van der Waals surface area contributed by atoms with Crippen LogP contribution >= 0.6 is 0 Å². The number of para-hydroxylation sites is 2. The molecular formula is C18H22N2O3. The molecule has 2 aliphatic rings. The molecule has 4 rings (SSSR count). The molecule has 5 nitrogen and oxygen atoms in total. The van der Waals surface area contributed by atoms with Gasteiger partial charge >= 0.3 is 0 Å². The van der Waals surface area contributed by atoms with Gasteiger partial charge in [0.05, 0.1) is 18.4 Å². The van der Waals surface area contributed by atoms with Gasteiger partial charge in [-0.25, -0.2) is 4.98 Å². The maximum atomic E-state index is 12.5. The Kier molecular flexibility index (Phi) is 4.04. The first-order chi connectivity index (χ1) is 11.3. The summed E-state index contributed by atoms with van der Waals surface area (Å²) in [6.07, 6.45) is 4.74. The van der Waals surface area contributed by atoms with Crippen LogP contribution in [0.2, 0.25) is 0 Å². The largest absolute Gasteiger partial charge is 0.440 e. The van der Waals surface area contributed by atoms with Crippen LogP contribution in [0.25, 0.3) is 11.1 Å². The van der Waals surface area contributed by atoms with Crippen LogP contribution in [0.5, 0.6) is 0 Å². The summed E-state index contributed by atoms with van der Waals surface area (Å²) in [5.41, 5.74) is 1.72. The van der Waals surface area contributed by atoms with Crippen molar-refractivity contribution in [3.8, 4) is 0 Å². The molecule has 0 unspecified atom stereocenters. The third-order valence-electron chi connectivity index (χ3n) is 4.86. The lowest BCUT2D eigenvalue weighted by atomic mass is 9.97. The van der Waals surface area contributed by atoms with Crippen LogP contribution in [-0.4, -0.2) is 41.6 Å². The minimum absolute atomic E-state index is 0.118. The van der Waals surface area contributed by atoms with Crippen LogP contribution in [0.4, 0.5) is 0 Å². The van der Waals surface area contributed by atoms with Crippen LogP contribution in [0.3, 0.4) is 0 Å². The molecule has 23 heavy (non-hydrogen) atoms. The molecule has 2 saturated heterocycles. The van der Waals surface area contributed by atoms with Crippen LogP contribution in [0, 0.1) is 0 Å². The first-order valence-electron chi connectivity index (χ1n) is 8.54. The number of carbonyl (C=O) groups is 1. The van der Waals surface area contributed by atoms with Crippen LogP contribution in [0.15, 0.2) is 28.7 Å². The lowest BCUT2D eigenvalue weighted by Gasteiger charge is -2.32. The standard InChI is InChI=1S/C18H22N2O3/c21-17(11-14-6-4-10-22-14)20-9-3-5-13(12-20)18-19-15-7-1-2-8-16(15)23-18/h1-2,7-8,13-14H,3-6,9-12H2/t13-,14-/m1/s1. The molecule has 0 bridgehead atoms. The molecule has 2 aliphatic heterocycles. The molecule has 2 aromatic rings. The second-order valence-corrected chi connectivity index (χ2v) is 6.54. The zero-order valence-electron chi connectivity index (χ0n) is 13.2. The number of benzene rings is 1. The van der Waals surface area contributed by atoms with E-state index in [1.807, 2.05) is 29.2 Å². The van der Waals surface area contributed by atoms with Crippen molar-refractivity contribution in [1.29, 1.82) is 0 Å². The number of ether oxygens (including phenoxy) is 1. The number of aromatic nitrogens is 1. The molecule has 0 aliphatic carbocycles. The third kappa shape index (κ3) is 3.11. The van der Waals surface area contributed by atoms with Gasteiger partial charge in [0.1, 0.15) is 5.52 Å². The summed E-state index contributed by atoms with van der Waals surface area (Å²) in [6, 6.07) is 7.82. The monoisotopic (exact) mass is 314 g/mol. The zero-order chi connectivity index (χ0) is 15.6. The fourth-order valence-electron chi connectivity index (χ4n) is 3.60. The predicted octanol–water partition coefficient (Wildman–Crippen LogP) is 3.10. The van der Waals surface area contributed by atoms with E-state index in [2.05, 4.69) is 4.98 Å². The van der Waals surface area contributed by atoms with Crippen molar-refractivity contribution in [1.82, 2.24) is 9.88 Å². The molecule has 122 valence electrons. The van der Waals surface area contributed by atoms with Gasteiger partial charge in [-0.05, 0) is 37.8 Å². The van der Waals surface area contributed by atoms with Crippen molar-refractivity contribution < 1.29 is 13.9 Å². The van der Waals surface area contributed by atoms with Crippen molar-refractivity contribution >= 4 is 17.0 Å². The van der Waals surface area contributed by atoms with E-state index in [0.29, 0.717) is 13.0 Å². The van der Waals surface area contributed by atoms with E-state index in [-0.39, 0.29) is 17.9 Å². The highest BCUT2D eigenvalue weighted by molar-refractivity contribution is 5.77. The number of piperidine rings is 1. The van der Waals surface area contributed by atoms with Gasteiger partial charge in [0, 0.05) is 19.7 Å². The number of likely N-dealkylation sites (tertiary alicyclic amines) is 1. The molecule has 0 N–H and O–H groups in total. The molecule has 5 heteroatoms. The van der Waals surface area contributed by atoms with E-state index in [1.54, 1.807) is 0 Å². The normalized spacial score (nSPS) is 25.1. The van der Waals surface area contributed by atoms with Crippen molar-refractivity contribution in [2.75, 3.05) is 19.7 Å². The van der Waals surface area contributed by atoms with E-state index in [4.69, 9.17) is 9.15 Å². The van der Waals surface area contributed by atoms with E-state index >= 15 is 0 Å². The molecular weight excluding hydrogens is 292 g/mol. The number of hydrogen-bond acceptors (Lipinski definition) is 4. The smallest absolute Gasteiger partial charge is 0.225 e. The highest BCUT2D eigenvalue weighted by Gasteiger charge is 2.30. The maximum Gasteiger partial charge on any atom is 0.225 e. The lowest BCUT2D eigenvalue weighted by Crippen LogP contribution is -2.40. The lowest BCUT2D eigenvalue weighted by molar-refractivity contribution is -0.134. The van der Waals surface area contributed by atoms with E-state index in [0.717, 1.165) is 55.8 Å². The molecule has 2 atom stereocenters. The fourth-order valence-corrected chi connectivity index (χ4v) is 3.60. The van der Waals surface area contributed by atoms with Crippen molar-refractivity contribution in [3.05, 3.63) is 30.2 Å². The van der Waals surface area contributed by atoms with Gasteiger partial charge < -0.3 is 14.1 Å². The van der Waals surface area contributed by atoms with Gasteiger partial charge in [-0.15, -0.1) is 0 Å². The van der Waals surface area contributed by atoms with Crippen LogP contribution in [-0.2, 0) is 9.53 Å². The second-order valence-electron chi connectivity index (χ2n) is 6.54. The van der Waals surface area contributed by atoms with Crippen molar-refractivity contribution in [2.45, 2.75) is 44.1 Å². The Morgan fingerprint density at radius 2 is 2.17 bits per heavy atom. The molecule has 1 amide bonds. The van der Waals surface area contributed by atoms with Crippen LogP contribution < -0.4 is 0 Å². The third-order valence-corrected chi connectivity index (χ3v) is 4.86. The highest BCUT2D eigenvalue weighted by atomic mass is 16.5. The van der Waals surface area contributed by atoms with Gasteiger partial charge in [-0.1, -0.05) is 12.1 Å². The molecule has 3 heterocycles. The fraction of sp³-hybridized carbons (Fsp3) is 0.556. The Morgan fingerprint density at radius 1 is 1.26 bits per heavy atom. The number of fused-ring (bicyclic) bond motifs is 1. The highest BCUT2D eigenvalue weighted by Crippen LogP contribution is 2.29. The minimum atomic E-state index is 0.118. The van der Waals surface area contributed by atoms with E-state index in [1.165, 1.54) is 0 Å². The summed E-state index contributed by atoms with van der Waals surface area (Å²) in [5, 5.41) is 0. The Bertz CT molecular complexity index is 657. The number of hydrogen-bond donors (Lipinski definition) is 0. The number of carbonyl (C=O) groups excluding carboxylic acids is 1. The molecule has 0 spiro atoms. The van der Waals surface area contributed by atoms with Gasteiger partial charge in [0.15, 0.2) is 11.5 Å². The van der Waals surface area contributed by atoms with Crippen molar-refractivity contribution in [2.24, 2.45) is 0 Å². The average molecular weight is 314 g/mol. The molecule has 2 fully saturated rings. The summed E-state index contributed by atoms with van der Waals surface area (Å²) >= 11 is 0. The predicted molar refractivity (Wildman–Crippen MR) is 86.2 cm³/mol. The Labute approximate surface area is 135 Å². The van der Waals surface area contributed by atoms with Gasteiger partial charge in [-0.2, -0.15) is 0 Å². The molecule has 0 saturated carbocycles. The maximum absolute atomic E-state index is 12.5. The minimum Gasteiger partial charge on any atom is -0.440 e. The topological polar surface area (TPSA) is 55.6 Å². The summed E-state index contributed by atoms with van der Waals surface area (Å²) in [5.74, 6) is 1.17.